The molecule has 0 radical (unpaired) electrons. The van der Waals surface area contributed by atoms with Gasteiger partial charge in [0.05, 0.1) is 24.0 Å². The molecule has 20 heavy (non-hydrogen) atoms. The first-order valence-corrected chi connectivity index (χ1v) is 6.59. The van der Waals surface area contributed by atoms with Crippen molar-refractivity contribution in [2.45, 2.75) is 32.1 Å². The molecule has 1 aliphatic carbocycles. The van der Waals surface area contributed by atoms with E-state index in [1.165, 1.54) is 12.5 Å². The average Bonchev–Trinajstić information content (AvgIpc) is 2.90. The van der Waals surface area contributed by atoms with Gasteiger partial charge in [-0.3, -0.25) is 4.79 Å². The molecule has 1 aliphatic heterocycles. The van der Waals surface area contributed by atoms with E-state index in [1.807, 2.05) is 0 Å². The molecule has 0 fully saturated rings. The van der Waals surface area contributed by atoms with E-state index in [0.29, 0.717) is 23.3 Å². The van der Waals surface area contributed by atoms with Crippen LogP contribution in [0, 0.1) is 0 Å². The summed E-state index contributed by atoms with van der Waals surface area (Å²) in [5, 5.41) is 12.6. The van der Waals surface area contributed by atoms with Crippen LogP contribution in [-0.2, 0) is 9.59 Å². The van der Waals surface area contributed by atoms with Gasteiger partial charge in [0.1, 0.15) is 0 Å². The molecule has 3 rings (SSSR count). The van der Waals surface area contributed by atoms with Crippen molar-refractivity contribution in [3.8, 4) is 0 Å². The average molecular weight is 273 g/mol. The monoisotopic (exact) mass is 273 g/mol. The predicted molar refractivity (Wildman–Crippen MR) is 70.8 cm³/mol. The highest BCUT2D eigenvalue weighted by molar-refractivity contribution is 6.03. The number of rotatable bonds is 2. The van der Waals surface area contributed by atoms with Crippen molar-refractivity contribution >= 4 is 11.8 Å². The van der Waals surface area contributed by atoms with Gasteiger partial charge in [-0.25, -0.2) is 4.79 Å². The molecule has 2 heterocycles. The second-order valence-corrected chi connectivity index (χ2v) is 5.13. The van der Waals surface area contributed by atoms with Gasteiger partial charge in [-0.1, -0.05) is 0 Å². The smallest absolute Gasteiger partial charge is 0.334 e. The Morgan fingerprint density at radius 3 is 2.90 bits per heavy atom. The fourth-order valence-electron chi connectivity index (χ4n) is 3.04. The predicted octanol–water partition coefficient (Wildman–Crippen LogP) is 2.33. The van der Waals surface area contributed by atoms with Crippen molar-refractivity contribution in [2.24, 2.45) is 0 Å². The Labute approximate surface area is 116 Å². The zero-order chi connectivity index (χ0) is 14.3. The van der Waals surface area contributed by atoms with Crippen LogP contribution < -0.4 is 5.32 Å². The minimum absolute atomic E-state index is 0.0243. The number of allylic oxidation sites excluding steroid dienone is 3. The molecule has 1 aromatic heterocycles. The molecule has 1 atom stereocenters. The Hall–Kier alpha value is -2.30. The number of dihydropyridines is 1. The Bertz CT molecular complexity index is 637. The van der Waals surface area contributed by atoms with Gasteiger partial charge in [-0.2, -0.15) is 0 Å². The lowest BCUT2D eigenvalue weighted by atomic mass is 9.76. The molecule has 1 unspecified atom stereocenters. The van der Waals surface area contributed by atoms with E-state index >= 15 is 0 Å². The zero-order valence-electron chi connectivity index (χ0n) is 11.1. The minimum Gasteiger partial charge on any atom is -0.478 e. The number of Topliss-reactive ketones (excluding diaryl/α,β-unsaturated/α-hetero) is 1. The summed E-state index contributed by atoms with van der Waals surface area (Å²) in [6.07, 6.45) is 5.07. The molecule has 0 spiro atoms. The third kappa shape index (κ3) is 1.86. The number of ketones is 1. The van der Waals surface area contributed by atoms with Crippen molar-refractivity contribution in [1.82, 2.24) is 5.32 Å². The Balaban J connectivity index is 2.19. The van der Waals surface area contributed by atoms with Crippen LogP contribution in [0.4, 0.5) is 0 Å². The summed E-state index contributed by atoms with van der Waals surface area (Å²) in [4.78, 5) is 23.9. The van der Waals surface area contributed by atoms with E-state index in [4.69, 9.17) is 4.42 Å². The number of aliphatic carboxylic acids is 1. The maximum absolute atomic E-state index is 12.3. The van der Waals surface area contributed by atoms with E-state index < -0.39 is 11.9 Å². The zero-order valence-corrected chi connectivity index (χ0v) is 11.1. The summed E-state index contributed by atoms with van der Waals surface area (Å²) in [7, 11) is 0. The molecule has 0 amide bonds. The van der Waals surface area contributed by atoms with Crippen LogP contribution in [0.1, 0.15) is 37.7 Å². The molecule has 5 heteroatoms. The van der Waals surface area contributed by atoms with Crippen molar-refractivity contribution < 1.29 is 19.1 Å². The molecule has 0 bridgehead atoms. The molecule has 0 aromatic carbocycles. The van der Waals surface area contributed by atoms with Crippen molar-refractivity contribution in [3.05, 3.63) is 46.7 Å². The lowest BCUT2D eigenvalue weighted by Crippen LogP contribution is -2.33. The van der Waals surface area contributed by atoms with Gasteiger partial charge < -0.3 is 14.8 Å². The Morgan fingerprint density at radius 1 is 1.45 bits per heavy atom. The maximum atomic E-state index is 12.3. The molecule has 104 valence electrons. The van der Waals surface area contributed by atoms with Crippen molar-refractivity contribution in [1.29, 1.82) is 0 Å². The summed E-state index contributed by atoms with van der Waals surface area (Å²) < 4.78 is 5.08. The standard InChI is InChI=1S/C15H15NO4/c1-8-12(15(18)19)13(9-5-6-20-7-9)14-10(16-8)3-2-4-11(14)17/h5-7,13,16H,2-4H2,1H3,(H,18,19). The normalized spacial score (nSPS) is 22.6. The first-order valence-electron chi connectivity index (χ1n) is 6.59. The second-order valence-electron chi connectivity index (χ2n) is 5.13. The van der Waals surface area contributed by atoms with Crippen molar-refractivity contribution in [3.63, 3.8) is 0 Å². The van der Waals surface area contributed by atoms with Crippen LogP contribution in [0.15, 0.2) is 45.6 Å². The number of hydrogen-bond acceptors (Lipinski definition) is 4. The largest absolute Gasteiger partial charge is 0.478 e. The number of nitrogens with one attached hydrogen (secondary N) is 1. The third-order valence-corrected chi connectivity index (χ3v) is 3.88. The number of carboxylic acids is 1. The summed E-state index contributed by atoms with van der Waals surface area (Å²) in [6, 6.07) is 1.72. The summed E-state index contributed by atoms with van der Waals surface area (Å²) >= 11 is 0. The molecule has 1 aromatic rings. The lowest BCUT2D eigenvalue weighted by Gasteiger charge is -2.32. The van der Waals surface area contributed by atoms with Gasteiger partial charge in [0.2, 0.25) is 0 Å². The molecule has 2 aliphatic rings. The van der Waals surface area contributed by atoms with E-state index in [9.17, 15) is 14.7 Å². The minimum atomic E-state index is -1.01. The van der Waals surface area contributed by atoms with Crippen LogP contribution in [0.5, 0.6) is 0 Å². The number of carbonyl (C=O) groups is 2. The number of carbonyl (C=O) groups excluding carboxylic acids is 1. The quantitative estimate of drug-likeness (QED) is 0.864. The van der Waals surface area contributed by atoms with E-state index in [0.717, 1.165) is 18.5 Å². The summed E-state index contributed by atoms with van der Waals surface area (Å²) in [6.45, 7) is 1.74. The highest BCUT2D eigenvalue weighted by Crippen LogP contribution is 2.42. The first kappa shape index (κ1) is 12.7. The second kappa shape index (κ2) is 4.67. The number of hydrogen-bond donors (Lipinski definition) is 2. The van der Waals surface area contributed by atoms with E-state index in [2.05, 4.69) is 5.32 Å². The molecule has 5 nitrogen and oxygen atoms in total. The summed E-state index contributed by atoms with van der Waals surface area (Å²) in [5.41, 5.74) is 2.97. The maximum Gasteiger partial charge on any atom is 0.334 e. The van der Waals surface area contributed by atoms with Crippen LogP contribution in [0.3, 0.4) is 0 Å². The van der Waals surface area contributed by atoms with Crippen LogP contribution in [0.2, 0.25) is 0 Å². The van der Waals surface area contributed by atoms with Crippen LogP contribution in [-0.4, -0.2) is 16.9 Å². The SMILES string of the molecule is CC1=C(C(=O)O)C(c2ccoc2)C2=C(CCCC2=O)N1. The van der Waals surface area contributed by atoms with E-state index in [-0.39, 0.29) is 11.4 Å². The molecular weight excluding hydrogens is 258 g/mol. The van der Waals surface area contributed by atoms with Crippen LogP contribution >= 0.6 is 0 Å². The molecule has 2 N–H and O–H groups in total. The molecular formula is C15H15NO4. The summed E-state index contributed by atoms with van der Waals surface area (Å²) in [5.74, 6) is -1.52. The van der Waals surface area contributed by atoms with Gasteiger partial charge in [-0.15, -0.1) is 0 Å². The number of carboxylic acid groups (broad SMARTS) is 1. The van der Waals surface area contributed by atoms with Gasteiger partial charge in [0.15, 0.2) is 5.78 Å². The van der Waals surface area contributed by atoms with Gasteiger partial charge in [0, 0.05) is 29.0 Å². The Morgan fingerprint density at radius 2 is 2.25 bits per heavy atom. The third-order valence-electron chi connectivity index (χ3n) is 3.88. The van der Waals surface area contributed by atoms with Crippen molar-refractivity contribution in [2.75, 3.05) is 0 Å². The van der Waals surface area contributed by atoms with Gasteiger partial charge >= 0.3 is 5.97 Å². The topological polar surface area (TPSA) is 79.5 Å². The Kier molecular flexibility index (Phi) is 2.97. The van der Waals surface area contributed by atoms with Gasteiger partial charge in [-0.05, 0) is 25.8 Å². The fourth-order valence-corrected chi connectivity index (χ4v) is 3.04. The van der Waals surface area contributed by atoms with Gasteiger partial charge in [0.25, 0.3) is 0 Å². The highest BCUT2D eigenvalue weighted by Gasteiger charge is 2.38. The lowest BCUT2D eigenvalue weighted by molar-refractivity contribution is -0.133. The van der Waals surface area contributed by atoms with E-state index in [1.54, 1.807) is 13.0 Å². The first-order chi connectivity index (χ1) is 9.59. The molecule has 0 saturated carbocycles. The number of furan rings is 1. The highest BCUT2D eigenvalue weighted by atomic mass is 16.4. The van der Waals surface area contributed by atoms with Crippen LogP contribution in [0.25, 0.3) is 0 Å². The fraction of sp³-hybridized carbons (Fsp3) is 0.333. The molecule has 0 saturated heterocycles.